The van der Waals surface area contributed by atoms with E-state index in [4.69, 9.17) is 4.74 Å². The number of nitrogens with zero attached hydrogens (tertiary/aromatic N) is 2. The Bertz CT molecular complexity index is 1190. The standard InChI is InChI=1S/C25H24F2N4O3/c1-16(32)30-13-21-15-31(25(33)34-21)20-6-7-22(23(26)10-20)18-4-2-17(3-5-18)11-29-12-19-8-9-28-14-24(19)27/h2-10,14,21,29H,11-13,15H2,1H3,(H,30,32)/t21-/m0/s1. The Labute approximate surface area is 195 Å². The zero-order valence-electron chi connectivity index (χ0n) is 18.6. The minimum Gasteiger partial charge on any atom is -0.442 e. The van der Waals surface area contributed by atoms with Gasteiger partial charge in [0.25, 0.3) is 0 Å². The Morgan fingerprint density at radius 2 is 1.91 bits per heavy atom. The van der Waals surface area contributed by atoms with Gasteiger partial charge >= 0.3 is 6.09 Å². The predicted molar refractivity (Wildman–Crippen MR) is 123 cm³/mol. The average Bonchev–Trinajstić information content (AvgIpc) is 3.20. The molecule has 0 radical (unpaired) electrons. The molecular formula is C25H24F2N4O3. The molecule has 3 aromatic rings. The van der Waals surface area contributed by atoms with Crippen LogP contribution in [0.1, 0.15) is 18.1 Å². The maximum atomic E-state index is 14.9. The second-order valence-corrected chi connectivity index (χ2v) is 7.99. The number of rotatable bonds is 8. The second-order valence-electron chi connectivity index (χ2n) is 7.99. The number of pyridine rings is 1. The average molecular weight is 466 g/mol. The lowest BCUT2D eigenvalue weighted by atomic mass is 10.0. The van der Waals surface area contributed by atoms with E-state index in [0.29, 0.717) is 35.5 Å². The van der Waals surface area contributed by atoms with Gasteiger partial charge in [0.05, 0.1) is 25.0 Å². The number of cyclic esters (lactones) is 1. The lowest BCUT2D eigenvalue weighted by Gasteiger charge is -2.15. The number of halogens is 2. The summed E-state index contributed by atoms with van der Waals surface area (Å²) in [5.41, 5.74) is 3.00. The summed E-state index contributed by atoms with van der Waals surface area (Å²) in [6.45, 7) is 2.71. The molecule has 2 aromatic carbocycles. The largest absolute Gasteiger partial charge is 0.442 e. The second kappa shape index (κ2) is 10.4. The normalized spacial score (nSPS) is 15.3. The van der Waals surface area contributed by atoms with Gasteiger partial charge in [-0.2, -0.15) is 0 Å². The molecule has 1 fully saturated rings. The molecule has 1 aliphatic heterocycles. The van der Waals surface area contributed by atoms with E-state index in [2.05, 4.69) is 15.6 Å². The van der Waals surface area contributed by atoms with Crippen LogP contribution in [0.5, 0.6) is 0 Å². The van der Waals surface area contributed by atoms with Crippen LogP contribution in [0, 0.1) is 11.6 Å². The van der Waals surface area contributed by atoms with Crippen molar-refractivity contribution < 1.29 is 23.1 Å². The summed E-state index contributed by atoms with van der Waals surface area (Å²) in [5.74, 6) is -1.03. The van der Waals surface area contributed by atoms with E-state index in [9.17, 15) is 18.4 Å². The van der Waals surface area contributed by atoms with Gasteiger partial charge in [-0.25, -0.2) is 13.6 Å². The first-order chi connectivity index (χ1) is 16.4. The van der Waals surface area contributed by atoms with Gasteiger partial charge in [-0.05, 0) is 35.4 Å². The molecule has 0 aliphatic carbocycles. The van der Waals surface area contributed by atoms with Crippen molar-refractivity contribution in [3.8, 4) is 11.1 Å². The van der Waals surface area contributed by atoms with Gasteiger partial charge in [0.2, 0.25) is 5.91 Å². The molecule has 2 amide bonds. The molecule has 34 heavy (non-hydrogen) atoms. The van der Waals surface area contributed by atoms with Crippen LogP contribution >= 0.6 is 0 Å². The Balaban J connectivity index is 1.37. The summed E-state index contributed by atoms with van der Waals surface area (Å²) in [6.07, 6.45) is 1.66. The topological polar surface area (TPSA) is 83.6 Å². The first-order valence-electron chi connectivity index (χ1n) is 10.8. The molecule has 0 spiro atoms. The van der Waals surface area contributed by atoms with Crippen LogP contribution in [0.4, 0.5) is 19.3 Å². The zero-order chi connectivity index (χ0) is 24.1. The van der Waals surface area contributed by atoms with E-state index in [0.717, 1.165) is 5.56 Å². The molecule has 1 aromatic heterocycles. The van der Waals surface area contributed by atoms with Crippen molar-refractivity contribution in [1.82, 2.24) is 15.6 Å². The Kier molecular flexibility index (Phi) is 7.12. The van der Waals surface area contributed by atoms with E-state index in [-0.39, 0.29) is 24.8 Å². The fourth-order valence-corrected chi connectivity index (χ4v) is 3.69. The number of carbonyl (C=O) groups is 2. The van der Waals surface area contributed by atoms with Crippen LogP contribution in [0.2, 0.25) is 0 Å². The van der Waals surface area contributed by atoms with Crippen molar-refractivity contribution in [1.29, 1.82) is 0 Å². The summed E-state index contributed by atoms with van der Waals surface area (Å²) in [7, 11) is 0. The quantitative estimate of drug-likeness (QED) is 0.528. The molecule has 2 N–H and O–H groups in total. The first kappa shape index (κ1) is 23.3. The highest BCUT2D eigenvalue weighted by molar-refractivity contribution is 5.90. The lowest BCUT2D eigenvalue weighted by Crippen LogP contribution is -2.33. The third-order valence-electron chi connectivity index (χ3n) is 5.48. The molecule has 176 valence electrons. The molecule has 9 heteroatoms. The lowest BCUT2D eigenvalue weighted by molar-refractivity contribution is -0.119. The highest BCUT2D eigenvalue weighted by atomic mass is 19.1. The van der Waals surface area contributed by atoms with Crippen molar-refractivity contribution in [2.75, 3.05) is 18.0 Å². The molecule has 2 heterocycles. The number of benzene rings is 2. The molecule has 0 unspecified atom stereocenters. The summed E-state index contributed by atoms with van der Waals surface area (Å²) in [6, 6.07) is 13.6. The van der Waals surface area contributed by atoms with Crippen LogP contribution in [0.15, 0.2) is 60.9 Å². The zero-order valence-corrected chi connectivity index (χ0v) is 18.6. The van der Waals surface area contributed by atoms with Crippen LogP contribution in [-0.2, 0) is 22.6 Å². The van der Waals surface area contributed by atoms with Gasteiger partial charge in [0, 0.05) is 37.3 Å². The Morgan fingerprint density at radius 1 is 1.12 bits per heavy atom. The molecule has 7 nitrogen and oxygen atoms in total. The van der Waals surface area contributed by atoms with Gasteiger partial charge in [-0.3, -0.25) is 14.7 Å². The van der Waals surface area contributed by atoms with Gasteiger partial charge in [0.1, 0.15) is 17.7 Å². The summed E-state index contributed by atoms with van der Waals surface area (Å²) in [5, 5.41) is 5.79. The van der Waals surface area contributed by atoms with Gasteiger partial charge in [0.15, 0.2) is 0 Å². The van der Waals surface area contributed by atoms with Crippen LogP contribution < -0.4 is 15.5 Å². The van der Waals surface area contributed by atoms with Crippen molar-refractivity contribution in [3.63, 3.8) is 0 Å². The molecule has 1 saturated heterocycles. The minimum absolute atomic E-state index is 0.205. The maximum Gasteiger partial charge on any atom is 0.414 e. The first-order valence-corrected chi connectivity index (χ1v) is 10.8. The van der Waals surface area contributed by atoms with E-state index < -0.39 is 18.0 Å². The van der Waals surface area contributed by atoms with E-state index in [1.54, 1.807) is 24.4 Å². The van der Waals surface area contributed by atoms with E-state index >= 15 is 0 Å². The molecule has 1 aliphatic rings. The van der Waals surface area contributed by atoms with Crippen molar-refractivity contribution in [3.05, 3.63) is 83.7 Å². The minimum atomic E-state index is -0.578. The highest BCUT2D eigenvalue weighted by Crippen LogP contribution is 2.29. The SMILES string of the molecule is CC(=O)NC[C@H]1CN(c2ccc(-c3ccc(CNCc4ccncc4F)cc3)c(F)c2)C(=O)O1. The van der Waals surface area contributed by atoms with Crippen molar-refractivity contribution >= 4 is 17.7 Å². The smallest absolute Gasteiger partial charge is 0.414 e. The Hall–Kier alpha value is -3.85. The third-order valence-corrected chi connectivity index (χ3v) is 5.48. The number of nitrogens with one attached hydrogen (secondary N) is 2. The third kappa shape index (κ3) is 5.55. The maximum absolute atomic E-state index is 14.9. The molecular weight excluding hydrogens is 442 g/mol. The van der Waals surface area contributed by atoms with Crippen LogP contribution in [0.25, 0.3) is 11.1 Å². The number of ether oxygens (including phenoxy) is 1. The number of carbonyl (C=O) groups excluding carboxylic acids is 2. The molecule has 0 saturated carbocycles. The number of aromatic nitrogens is 1. The molecule has 4 rings (SSSR count). The Morgan fingerprint density at radius 3 is 2.62 bits per heavy atom. The van der Waals surface area contributed by atoms with E-state index in [1.165, 1.54) is 24.1 Å². The number of hydrogen-bond acceptors (Lipinski definition) is 5. The summed E-state index contributed by atoms with van der Waals surface area (Å²) >= 11 is 0. The summed E-state index contributed by atoms with van der Waals surface area (Å²) in [4.78, 5) is 28.3. The molecule has 0 bridgehead atoms. The number of amides is 2. The monoisotopic (exact) mass is 466 g/mol. The van der Waals surface area contributed by atoms with Gasteiger partial charge in [-0.1, -0.05) is 24.3 Å². The van der Waals surface area contributed by atoms with Crippen molar-refractivity contribution in [2.45, 2.75) is 26.1 Å². The highest BCUT2D eigenvalue weighted by Gasteiger charge is 2.32. The predicted octanol–water partition coefficient (Wildman–Crippen LogP) is 3.78. The fraction of sp³-hybridized carbons (Fsp3) is 0.240. The van der Waals surface area contributed by atoms with Crippen LogP contribution in [0.3, 0.4) is 0 Å². The van der Waals surface area contributed by atoms with Gasteiger partial charge in [-0.15, -0.1) is 0 Å². The fourth-order valence-electron chi connectivity index (χ4n) is 3.69. The number of anilines is 1. The summed E-state index contributed by atoms with van der Waals surface area (Å²) < 4.78 is 33.8. The van der Waals surface area contributed by atoms with Crippen LogP contribution in [-0.4, -0.2) is 36.2 Å². The van der Waals surface area contributed by atoms with Gasteiger partial charge < -0.3 is 15.4 Å². The number of hydrogen-bond donors (Lipinski definition) is 2. The van der Waals surface area contributed by atoms with Crippen molar-refractivity contribution in [2.24, 2.45) is 0 Å². The van der Waals surface area contributed by atoms with E-state index in [1.807, 2.05) is 24.3 Å². The molecule has 1 atom stereocenters.